The number of benzene rings is 2. The van der Waals surface area contributed by atoms with E-state index < -0.39 is 0 Å². The van der Waals surface area contributed by atoms with Gasteiger partial charge in [0.2, 0.25) is 5.95 Å². The molecule has 0 saturated carbocycles. The van der Waals surface area contributed by atoms with Crippen LogP contribution in [0.4, 0.5) is 11.8 Å². The number of ether oxygens (including phenoxy) is 1. The van der Waals surface area contributed by atoms with Gasteiger partial charge in [-0.05, 0) is 48.2 Å². The predicted molar refractivity (Wildman–Crippen MR) is 155 cm³/mol. The van der Waals surface area contributed by atoms with Gasteiger partial charge in [-0.25, -0.2) is 9.97 Å². The molecule has 0 aliphatic carbocycles. The second-order valence-corrected chi connectivity index (χ2v) is 10.7. The Morgan fingerprint density at radius 1 is 1.05 bits per heavy atom. The van der Waals surface area contributed by atoms with Crippen molar-refractivity contribution in [1.29, 1.82) is 0 Å². The minimum atomic E-state index is -0.0580. The molecule has 202 valence electrons. The van der Waals surface area contributed by atoms with Crippen LogP contribution in [-0.4, -0.2) is 63.5 Å². The van der Waals surface area contributed by atoms with E-state index in [2.05, 4.69) is 40.9 Å². The Kier molecular flexibility index (Phi) is 7.72. The number of piperazine rings is 1. The maximum atomic E-state index is 13.0. The van der Waals surface area contributed by atoms with Gasteiger partial charge in [0.05, 0.1) is 16.9 Å². The number of carbonyl (C=O) groups excluding carboxylic acids is 1. The summed E-state index contributed by atoms with van der Waals surface area (Å²) >= 11 is 12.5. The maximum Gasteiger partial charge on any atom is 0.260 e. The van der Waals surface area contributed by atoms with Crippen LogP contribution in [0.15, 0.2) is 42.6 Å². The minimum absolute atomic E-state index is 0.0107. The number of rotatable bonds is 6. The van der Waals surface area contributed by atoms with Gasteiger partial charge in [-0.15, -0.1) is 0 Å². The number of aryl methyl sites for hydroxylation is 1. The van der Waals surface area contributed by atoms with Gasteiger partial charge in [-0.2, -0.15) is 9.97 Å². The molecule has 1 saturated heterocycles. The van der Waals surface area contributed by atoms with Crippen molar-refractivity contribution < 1.29 is 9.53 Å². The van der Waals surface area contributed by atoms with E-state index >= 15 is 0 Å². The Morgan fingerprint density at radius 2 is 1.82 bits per heavy atom. The molecule has 1 amide bonds. The molecule has 3 heterocycles. The lowest BCUT2D eigenvalue weighted by Crippen LogP contribution is -2.50. The van der Waals surface area contributed by atoms with E-state index in [9.17, 15) is 4.79 Å². The van der Waals surface area contributed by atoms with E-state index in [4.69, 9.17) is 38.7 Å². The lowest BCUT2D eigenvalue weighted by atomic mass is 10.0. The zero-order valence-corrected chi connectivity index (χ0v) is 23.5. The Bertz CT molecular complexity index is 1540. The number of nitrogens with two attached hydrogens (primary N) is 1. The molecule has 2 aromatic carbocycles. The third kappa shape index (κ3) is 5.84. The third-order valence-electron chi connectivity index (χ3n) is 6.69. The van der Waals surface area contributed by atoms with Crippen LogP contribution in [0.1, 0.15) is 30.9 Å². The Morgan fingerprint density at radius 3 is 2.54 bits per heavy atom. The largest absolute Gasteiger partial charge is 0.483 e. The number of hydrogen-bond donors (Lipinski definition) is 1. The van der Waals surface area contributed by atoms with Gasteiger partial charge >= 0.3 is 0 Å². The Balaban J connectivity index is 1.31. The third-order valence-corrected chi connectivity index (χ3v) is 7.23. The monoisotopic (exact) mass is 565 g/mol. The standard InChI is InChI=1S/C28H29Cl2N7O2/c1-16(2)19-6-4-17(3)12-23(19)39-15-24(38)36-8-10-37(11-9-36)27-25-26(34-28(31)35-27)32-14-22(33-25)20-7-5-18(29)13-21(20)30/h4-7,12-14,16H,8-11,15H2,1-3H3,(H2,31,32,34,35). The normalized spacial score (nSPS) is 13.8. The highest BCUT2D eigenvalue weighted by atomic mass is 35.5. The summed E-state index contributed by atoms with van der Waals surface area (Å²) in [6, 6.07) is 11.3. The summed E-state index contributed by atoms with van der Waals surface area (Å²) in [4.78, 5) is 34.8. The lowest BCUT2D eigenvalue weighted by Gasteiger charge is -2.35. The minimum Gasteiger partial charge on any atom is -0.483 e. The number of carbonyl (C=O) groups is 1. The van der Waals surface area contributed by atoms with Crippen LogP contribution >= 0.6 is 23.2 Å². The first-order chi connectivity index (χ1) is 18.7. The van der Waals surface area contributed by atoms with Crippen molar-refractivity contribution >= 4 is 52.0 Å². The van der Waals surface area contributed by atoms with Gasteiger partial charge in [0, 0.05) is 36.8 Å². The number of nitrogens with zero attached hydrogens (tertiary/aromatic N) is 6. The average molecular weight is 566 g/mol. The number of aromatic nitrogens is 4. The molecule has 0 unspecified atom stereocenters. The van der Waals surface area contributed by atoms with E-state index in [1.165, 1.54) is 0 Å². The topological polar surface area (TPSA) is 110 Å². The lowest BCUT2D eigenvalue weighted by molar-refractivity contribution is -0.133. The summed E-state index contributed by atoms with van der Waals surface area (Å²) in [5.74, 6) is 1.68. The number of anilines is 2. The molecule has 1 aliphatic heterocycles. The molecular formula is C28H29Cl2N7O2. The summed E-state index contributed by atoms with van der Waals surface area (Å²) in [5.41, 5.74) is 10.4. The summed E-state index contributed by atoms with van der Waals surface area (Å²) < 4.78 is 5.97. The second-order valence-electron chi connectivity index (χ2n) is 9.81. The van der Waals surface area contributed by atoms with Crippen LogP contribution in [0.2, 0.25) is 10.0 Å². The highest BCUT2D eigenvalue weighted by Crippen LogP contribution is 2.32. The van der Waals surface area contributed by atoms with Crippen LogP contribution in [0, 0.1) is 6.92 Å². The van der Waals surface area contributed by atoms with Crippen LogP contribution < -0.4 is 15.4 Å². The number of halogens is 2. The summed E-state index contributed by atoms with van der Waals surface area (Å²) in [5, 5.41) is 1.00. The van der Waals surface area contributed by atoms with Gasteiger partial charge in [-0.3, -0.25) is 4.79 Å². The van der Waals surface area contributed by atoms with Gasteiger partial charge in [0.15, 0.2) is 23.6 Å². The smallest absolute Gasteiger partial charge is 0.260 e. The molecule has 5 rings (SSSR count). The van der Waals surface area contributed by atoms with Crippen LogP contribution in [0.5, 0.6) is 5.75 Å². The van der Waals surface area contributed by atoms with Gasteiger partial charge in [-0.1, -0.05) is 49.2 Å². The molecule has 39 heavy (non-hydrogen) atoms. The summed E-state index contributed by atoms with van der Waals surface area (Å²) in [7, 11) is 0. The van der Waals surface area contributed by atoms with E-state index in [0.29, 0.717) is 70.4 Å². The summed E-state index contributed by atoms with van der Waals surface area (Å²) in [6.45, 7) is 8.34. The molecule has 0 bridgehead atoms. The molecule has 11 heteroatoms. The van der Waals surface area contributed by atoms with Crippen molar-refractivity contribution in [1.82, 2.24) is 24.8 Å². The first kappa shape index (κ1) is 26.9. The van der Waals surface area contributed by atoms with E-state index in [1.54, 1.807) is 29.3 Å². The second kappa shape index (κ2) is 11.2. The van der Waals surface area contributed by atoms with Crippen molar-refractivity contribution in [3.05, 3.63) is 63.8 Å². The van der Waals surface area contributed by atoms with Crippen molar-refractivity contribution in [3.63, 3.8) is 0 Å². The number of hydrogen-bond acceptors (Lipinski definition) is 8. The predicted octanol–water partition coefficient (Wildman–Crippen LogP) is 5.14. The number of amides is 1. The fourth-order valence-electron chi connectivity index (χ4n) is 4.60. The molecule has 0 atom stereocenters. The van der Waals surface area contributed by atoms with Crippen molar-refractivity contribution in [2.75, 3.05) is 43.4 Å². The van der Waals surface area contributed by atoms with Gasteiger partial charge in [0.1, 0.15) is 5.75 Å². The quantitative estimate of drug-likeness (QED) is 0.342. The highest BCUT2D eigenvalue weighted by molar-refractivity contribution is 6.36. The SMILES string of the molecule is Cc1ccc(C(C)C)c(OCC(=O)N2CCN(c3nc(N)nc4ncc(-c5ccc(Cl)cc5Cl)nc34)CC2)c1. The zero-order valence-electron chi connectivity index (χ0n) is 22.0. The molecular weight excluding hydrogens is 537 g/mol. The van der Waals surface area contributed by atoms with E-state index in [1.807, 2.05) is 17.9 Å². The molecule has 1 aliphatic rings. The van der Waals surface area contributed by atoms with E-state index in [0.717, 1.165) is 16.9 Å². The zero-order chi connectivity index (χ0) is 27.7. The Labute approximate surface area is 236 Å². The maximum absolute atomic E-state index is 13.0. The van der Waals surface area contributed by atoms with Crippen LogP contribution in [0.3, 0.4) is 0 Å². The highest BCUT2D eigenvalue weighted by Gasteiger charge is 2.25. The van der Waals surface area contributed by atoms with Crippen molar-refractivity contribution in [3.8, 4) is 17.0 Å². The molecule has 0 spiro atoms. The molecule has 2 N–H and O–H groups in total. The first-order valence-electron chi connectivity index (χ1n) is 12.7. The number of fused-ring (bicyclic) bond motifs is 1. The van der Waals surface area contributed by atoms with E-state index in [-0.39, 0.29) is 18.5 Å². The summed E-state index contributed by atoms with van der Waals surface area (Å²) in [6.07, 6.45) is 1.60. The van der Waals surface area contributed by atoms with Crippen molar-refractivity contribution in [2.45, 2.75) is 26.7 Å². The molecule has 9 nitrogen and oxygen atoms in total. The fraction of sp³-hybridized carbons (Fsp3) is 0.321. The molecule has 2 aromatic heterocycles. The molecule has 4 aromatic rings. The van der Waals surface area contributed by atoms with Gasteiger partial charge in [0.25, 0.3) is 5.91 Å². The molecule has 1 fully saturated rings. The van der Waals surface area contributed by atoms with Crippen LogP contribution in [0.25, 0.3) is 22.4 Å². The first-order valence-corrected chi connectivity index (χ1v) is 13.5. The number of nitrogen functional groups attached to an aromatic ring is 1. The average Bonchev–Trinajstić information content (AvgIpc) is 2.91. The fourth-order valence-corrected chi connectivity index (χ4v) is 5.10. The molecule has 0 radical (unpaired) electrons. The van der Waals surface area contributed by atoms with Crippen molar-refractivity contribution in [2.24, 2.45) is 0 Å². The van der Waals surface area contributed by atoms with Crippen LogP contribution in [-0.2, 0) is 4.79 Å². The van der Waals surface area contributed by atoms with Gasteiger partial charge < -0.3 is 20.3 Å². The Hall–Kier alpha value is -3.69.